The van der Waals surface area contributed by atoms with E-state index in [-0.39, 0.29) is 23.8 Å². The quantitative estimate of drug-likeness (QED) is 0.695. The van der Waals surface area contributed by atoms with Crippen molar-refractivity contribution in [2.24, 2.45) is 58.7 Å². The number of methoxy groups -OCH3 is 2. The van der Waals surface area contributed by atoms with Crippen molar-refractivity contribution in [3.63, 3.8) is 0 Å². The molecule has 0 aromatic carbocycles. The molecule has 6 rings (SSSR count). The molecule has 0 aromatic heterocycles. The van der Waals surface area contributed by atoms with Crippen molar-refractivity contribution in [2.75, 3.05) is 14.2 Å². The molecule has 102 valence electrons. The van der Waals surface area contributed by atoms with Crippen molar-refractivity contribution in [3.8, 4) is 0 Å². The van der Waals surface area contributed by atoms with Crippen molar-refractivity contribution in [3.05, 3.63) is 0 Å². The Balaban J connectivity index is 1.62. The summed E-state index contributed by atoms with van der Waals surface area (Å²) in [7, 11) is 2.87. The van der Waals surface area contributed by atoms with Crippen molar-refractivity contribution in [1.29, 1.82) is 0 Å². The Morgan fingerprint density at radius 1 is 0.789 bits per heavy atom. The first kappa shape index (κ1) is 10.7. The van der Waals surface area contributed by atoms with E-state index in [1.807, 2.05) is 0 Å². The predicted octanol–water partition coefficient (Wildman–Crippen LogP) is 0.952. The van der Waals surface area contributed by atoms with Gasteiger partial charge in [0.1, 0.15) is 0 Å². The van der Waals surface area contributed by atoms with Crippen LogP contribution in [0.5, 0.6) is 0 Å². The third-order valence-electron chi connectivity index (χ3n) is 7.45. The average Bonchev–Trinajstić information content (AvgIpc) is 3.26. The van der Waals surface area contributed by atoms with E-state index in [1.165, 1.54) is 14.2 Å². The van der Waals surface area contributed by atoms with Gasteiger partial charge in [-0.2, -0.15) is 0 Å². The molecule has 0 spiro atoms. The van der Waals surface area contributed by atoms with Crippen LogP contribution in [0.2, 0.25) is 0 Å². The first-order valence-corrected chi connectivity index (χ1v) is 7.24. The maximum atomic E-state index is 12.2. The molecule has 6 saturated carbocycles. The fourth-order valence-electron chi connectivity index (χ4n) is 7.30. The normalized spacial score (nSPS) is 64.7. The summed E-state index contributed by atoms with van der Waals surface area (Å²) in [5.41, 5.74) is 0.444. The highest BCUT2D eigenvalue weighted by Gasteiger charge is 2.97. The second-order valence-electron chi connectivity index (χ2n) is 7.35. The van der Waals surface area contributed by atoms with Gasteiger partial charge in [0.25, 0.3) is 0 Å². The first-order chi connectivity index (χ1) is 9.08. The minimum atomic E-state index is -0.237. The van der Waals surface area contributed by atoms with Gasteiger partial charge in [-0.3, -0.25) is 9.59 Å². The van der Waals surface area contributed by atoms with Gasteiger partial charge < -0.3 is 9.47 Å². The maximum absolute atomic E-state index is 12.2. The molecule has 10 atom stereocenters. The second-order valence-corrected chi connectivity index (χ2v) is 7.35. The zero-order valence-corrected chi connectivity index (χ0v) is 11.3. The highest BCUT2D eigenvalue weighted by molar-refractivity contribution is 5.84. The largest absolute Gasteiger partial charge is 0.469 e. The number of carbonyl (C=O) groups is 2. The molecule has 4 heteroatoms. The molecule has 0 heterocycles. The lowest BCUT2D eigenvalue weighted by molar-refractivity contribution is -0.171. The van der Waals surface area contributed by atoms with Gasteiger partial charge in [-0.1, -0.05) is 6.92 Å². The molecule has 2 bridgehead atoms. The molecule has 6 aliphatic carbocycles. The molecule has 6 aliphatic rings. The number of hydrogen-bond donors (Lipinski definition) is 0. The van der Waals surface area contributed by atoms with E-state index in [4.69, 9.17) is 9.47 Å². The Labute approximate surface area is 111 Å². The van der Waals surface area contributed by atoms with Crippen LogP contribution in [0.15, 0.2) is 0 Å². The number of ether oxygens (including phenoxy) is 2. The van der Waals surface area contributed by atoms with Crippen LogP contribution in [0.3, 0.4) is 0 Å². The summed E-state index contributed by atoms with van der Waals surface area (Å²) in [4.78, 5) is 24.4. The molecule has 0 N–H and O–H groups in total. The molecule has 19 heavy (non-hydrogen) atoms. The number of fused-ring (bicyclic) bond motifs is 1. The SMILES string of the molecule is COC(=O)[C@@H]1[C@H](C(=O)OC)[C@@H]2[C@@H]3C4[C@@H]3[C@@H]1[C@H]1[C@@H]2C41C. The van der Waals surface area contributed by atoms with Gasteiger partial charge in [-0.15, -0.1) is 0 Å². The second kappa shape index (κ2) is 2.70. The van der Waals surface area contributed by atoms with E-state index in [0.717, 1.165) is 5.92 Å². The number of rotatable bonds is 2. The standard InChI is InChI=1S/C15H18O4/c1-15-10-4-5(10)7-9(14(17)19-3)8(13(16)18-2)6(4)11(15)12(7)15/h4-12H,1-3H3/t4-,5+,6-,7-,8-,9+,10?,11-,12+,15?/m0/s1. The predicted molar refractivity (Wildman–Crippen MR) is 63.5 cm³/mol. The number of hydrogen-bond acceptors (Lipinski definition) is 4. The van der Waals surface area contributed by atoms with E-state index >= 15 is 0 Å². The van der Waals surface area contributed by atoms with Crippen LogP contribution >= 0.6 is 0 Å². The van der Waals surface area contributed by atoms with Gasteiger partial charge in [0.2, 0.25) is 0 Å². The van der Waals surface area contributed by atoms with Gasteiger partial charge in [0.05, 0.1) is 26.1 Å². The van der Waals surface area contributed by atoms with Gasteiger partial charge in [-0.25, -0.2) is 0 Å². The molecular weight excluding hydrogens is 244 g/mol. The van der Waals surface area contributed by atoms with Crippen LogP contribution in [-0.4, -0.2) is 26.2 Å². The van der Waals surface area contributed by atoms with Crippen LogP contribution in [0.1, 0.15) is 6.92 Å². The van der Waals surface area contributed by atoms with Crippen molar-refractivity contribution >= 4 is 11.9 Å². The molecule has 0 aromatic rings. The molecule has 0 saturated heterocycles. The van der Waals surface area contributed by atoms with Crippen molar-refractivity contribution in [1.82, 2.24) is 0 Å². The molecular formula is C15H18O4. The van der Waals surface area contributed by atoms with Crippen LogP contribution in [0.4, 0.5) is 0 Å². The van der Waals surface area contributed by atoms with E-state index in [9.17, 15) is 9.59 Å². The fraction of sp³-hybridized carbons (Fsp3) is 0.867. The molecule has 0 aliphatic heterocycles. The van der Waals surface area contributed by atoms with Crippen molar-refractivity contribution < 1.29 is 19.1 Å². The summed E-state index contributed by atoms with van der Waals surface area (Å²) < 4.78 is 9.99. The molecule has 2 unspecified atom stereocenters. The van der Waals surface area contributed by atoms with E-state index in [1.54, 1.807) is 0 Å². The Morgan fingerprint density at radius 3 is 1.47 bits per heavy atom. The van der Waals surface area contributed by atoms with E-state index < -0.39 is 0 Å². The topological polar surface area (TPSA) is 52.6 Å². The van der Waals surface area contributed by atoms with Crippen molar-refractivity contribution in [2.45, 2.75) is 6.92 Å². The maximum Gasteiger partial charge on any atom is 0.309 e. The van der Waals surface area contributed by atoms with Crippen LogP contribution in [0.25, 0.3) is 0 Å². The summed E-state index contributed by atoms with van der Waals surface area (Å²) in [5.74, 6) is 3.50. The Bertz CT molecular complexity index is 484. The van der Waals surface area contributed by atoms with Gasteiger partial charge in [-0.05, 0) is 46.8 Å². The third-order valence-corrected chi connectivity index (χ3v) is 7.45. The number of esters is 2. The minimum absolute atomic E-state index is 0.191. The van der Waals surface area contributed by atoms with Crippen LogP contribution in [0, 0.1) is 58.7 Å². The Morgan fingerprint density at radius 2 is 1.21 bits per heavy atom. The minimum Gasteiger partial charge on any atom is -0.469 e. The molecule has 4 nitrogen and oxygen atoms in total. The van der Waals surface area contributed by atoms with E-state index in [0.29, 0.717) is 40.9 Å². The first-order valence-electron chi connectivity index (χ1n) is 7.24. The molecule has 0 radical (unpaired) electrons. The zero-order valence-electron chi connectivity index (χ0n) is 11.3. The summed E-state index contributed by atoms with van der Waals surface area (Å²) in [6.07, 6.45) is 0. The van der Waals surface area contributed by atoms with Gasteiger partial charge in [0.15, 0.2) is 0 Å². The summed E-state index contributed by atoms with van der Waals surface area (Å²) in [5, 5.41) is 0. The molecule has 0 amide bonds. The number of carbonyl (C=O) groups excluding carboxylic acids is 2. The van der Waals surface area contributed by atoms with Gasteiger partial charge in [0, 0.05) is 0 Å². The van der Waals surface area contributed by atoms with Crippen LogP contribution < -0.4 is 0 Å². The monoisotopic (exact) mass is 262 g/mol. The lowest BCUT2D eigenvalue weighted by Gasteiger charge is -2.44. The molecule has 6 fully saturated rings. The zero-order chi connectivity index (χ0) is 13.3. The van der Waals surface area contributed by atoms with Crippen LogP contribution in [-0.2, 0) is 19.1 Å². The highest BCUT2D eigenvalue weighted by Crippen LogP contribution is 2.98. The summed E-state index contributed by atoms with van der Waals surface area (Å²) >= 11 is 0. The average molecular weight is 262 g/mol. The third kappa shape index (κ3) is 0.796. The highest BCUT2D eigenvalue weighted by atomic mass is 16.5. The fourth-order valence-corrected chi connectivity index (χ4v) is 7.30. The van der Waals surface area contributed by atoms with E-state index in [2.05, 4.69) is 6.92 Å². The summed E-state index contributed by atoms with van der Waals surface area (Å²) in [6.45, 7) is 2.38. The lowest BCUT2D eigenvalue weighted by atomic mass is 9.58. The Hall–Kier alpha value is -1.06. The van der Waals surface area contributed by atoms with Gasteiger partial charge >= 0.3 is 11.9 Å². The summed E-state index contributed by atoms with van der Waals surface area (Å²) in [6, 6.07) is 0. The Kier molecular flexibility index (Phi) is 1.52. The smallest absolute Gasteiger partial charge is 0.309 e. The lowest BCUT2D eigenvalue weighted by Crippen LogP contribution is -2.51.